The minimum Gasteiger partial charge on any atom is -0.347 e. The van der Waals surface area contributed by atoms with E-state index in [4.69, 9.17) is 0 Å². The Hall–Kier alpha value is -2.38. The molecule has 1 aromatic rings. The van der Waals surface area contributed by atoms with Gasteiger partial charge in [-0.05, 0) is 13.3 Å². The third-order valence-electron chi connectivity index (χ3n) is 4.58. The molecule has 0 saturated carbocycles. The van der Waals surface area contributed by atoms with E-state index < -0.39 is 6.04 Å². The largest absolute Gasteiger partial charge is 0.347 e. The van der Waals surface area contributed by atoms with Crippen molar-refractivity contribution in [3.63, 3.8) is 0 Å². The summed E-state index contributed by atoms with van der Waals surface area (Å²) in [5.41, 5.74) is 0. The molecule has 0 aromatic carbocycles. The second-order valence-corrected chi connectivity index (χ2v) is 6.57. The van der Waals surface area contributed by atoms with E-state index in [0.29, 0.717) is 19.5 Å². The predicted octanol–water partition coefficient (Wildman–Crippen LogP) is 0.119. The number of carbonyl (C=O) groups excluding carboxylic acids is 3. The summed E-state index contributed by atoms with van der Waals surface area (Å²) in [4.78, 5) is 45.6. The number of amides is 3. The van der Waals surface area contributed by atoms with Crippen LogP contribution in [0.4, 0.5) is 0 Å². The Bertz CT molecular complexity index is 640. The first-order valence-corrected chi connectivity index (χ1v) is 8.55. The van der Waals surface area contributed by atoms with Crippen molar-refractivity contribution in [1.29, 1.82) is 0 Å². The number of aromatic nitrogens is 2. The van der Waals surface area contributed by atoms with Crippen molar-refractivity contribution in [2.24, 2.45) is 0 Å². The molecular formula is C17H27N5O3. The van der Waals surface area contributed by atoms with E-state index in [1.54, 1.807) is 30.1 Å². The summed E-state index contributed by atoms with van der Waals surface area (Å²) in [7, 11) is 3.32. The van der Waals surface area contributed by atoms with Gasteiger partial charge in [0, 0.05) is 59.5 Å². The highest BCUT2D eigenvalue weighted by Gasteiger charge is 2.36. The van der Waals surface area contributed by atoms with Crippen LogP contribution in [0.2, 0.25) is 0 Å². The zero-order valence-electron chi connectivity index (χ0n) is 15.4. The molecule has 1 fully saturated rings. The normalized spacial score (nSPS) is 17.5. The van der Waals surface area contributed by atoms with Crippen molar-refractivity contribution < 1.29 is 14.4 Å². The summed E-state index contributed by atoms with van der Waals surface area (Å²) in [5.74, 6) is 0.668. The molecule has 2 rings (SSSR count). The van der Waals surface area contributed by atoms with Gasteiger partial charge in [0.05, 0.1) is 6.54 Å². The number of aryl methyl sites for hydroxylation is 2. The maximum absolute atomic E-state index is 12.5. The maximum Gasteiger partial charge on any atom is 0.246 e. The van der Waals surface area contributed by atoms with E-state index in [-0.39, 0.29) is 24.3 Å². The minimum absolute atomic E-state index is 0.0255. The van der Waals surface area contributed by atoms with E-state index in [0.717, 1.165) is 18.8 Å². The Kier molecular flexibility index (Phi) is 6.17. The second kappa shape index (κ2) is 8.13. The van der Waals surface area contributed by atoms with Gasteiger partial charge in [-0.3, -0.25) is 14.4 Å². The number of rotatable bonds is 5. The van der Waals surface area contributed by atoms with Crippen molar-refractivity contribution in [2.75, 3.05) is 33.7 Å². The van der Waals surface area contributed by atoms with Gasteiger partial charge in [-0.25, -0.2) is 4.98 Å². The molecular weight excluding hydrogens is 322 g/mol. The van der Waals surface area contributed by atoms with E-state index in [9.17, 15) is 14.4 Å². The molecule has 0 bridgehead atoms. The molecule has 8 nitrogen and oxygen atoms in total. The van der Waals surface area contributed by atoms with Crippen molar-refractivity contribution in [2.45, 2.75) is 39.3 Å². The van der Waals surface area contributed by atoms with Crippen LogP contribution in [-0.4, -0.2) is 81.7 Å². The highest BCUT2D eigenvalue weighted by Crippen LogP contribution is 2.14. The molecule has 0 aliphatic carbocycles. The van der Waals surface area contributed by atoms with Gasteiger partial charge in [-0.2, -0.15) is 0 Å². The summed E-state index contributed by atoms with van der Waals surface area (Å²) in [6.45, 7) is 5.26. The summed E-state index contributed by atoms with van der Waals surface area (Å²) >= 11 is 0. The minimum atomic E-state index is -0.596. The van der Waals surface area contributed by atoms with Gasteiger partial charge in [-0.15, -0.1) is 0 Å². The molecule has 0 radical (unpaired) electrons. The molecule has 0 spiro atoms. The quantitative estimate of drug-likeness (QED) is 0.756. The van der Waals surface area contributed by atoms with Gasteiger partial charge in [0.1, 0.15) is 11.9 Å². The van der Waals surface area contributed by atoms with E-state index in [1.807, 2.05) is 17.7 Å². The fourth-order valence-corrected chi connectivity index (χ4v) is 3.09. The lowest BCUT2D eigenvalue weighted by molar-refractivity contribution is -0.150. The molecule has 0 unspecified atom stereocenters. The Labute approximate surface area is 148 Å². The second-order valence-electron chi connectivity index (χ2n) is 6.57. The Morgan fingerprint density at radius 3 is 2.56 bits per heavy atom. The van der Waals surface area contributed by atoms with Crippen molar-refractivity contribution >= 4 is 17.7 Å². The fourth-order valence-electron chi connectivity index (χ4n) is 3.09. The van der Waals surface area contributed by atoms with E-state index in [1.165, 1.54) is 11.8 Å². The van der Waals surface area contributed by atoms with Gasteiger partial charge in [0.25, 0.3) is 0 Å². The highest BCUT2D eigenvalue weighted by atomic mass is 16.2. The Balaban J connectivity index is 1.92. The lowest BCUT2D eigenvalue weighted by atomic mass is 10.1. The zero-order chi connectivity index (χ0) is 18.6. The SMILES string of the molecule is CC(=O)N1CCN(C(=O)CCCn2ccnc2C)C[C@H]1C(=O)N(C)C. The molecule has 1 atom stereocenters. The number of imidazole rings is 1. The number of nitrogens with zero attached hydrogens (tertiary/aromatic N) is 5. The summed E-state index contributed by atoms with van der Waals surface area (Å²) < 4.78 is 2.01. The number of hydrogen-bond donors (Lipinski definition) is 0. The van der Waals surface area contributed by atoms with Crippen LogP contribution in [0.15, 0.2) is 12.4 Å². The summed E-state index contributed by atoms with van der Waals surface area (Å²) in [6.07, 6.45) is 4.78. The van der Waals surface area contributed by atoms with Crippen LogP contribution in [0, 0.1) is 6.92 Å². The number of hydrogen-bond acceptors (Lipinski definition) is 4. The zero-order valence-corrected chi connectivity index (χ0v) is 15.4. The Morgan fingerprint density at radius 1 is 1.28 bits per heavy atom. The highest BCUT2D eigenvalue weighted by molar-refractivity contribution is 5.88. The number of piperazine rings is 1. The molecule has 3 amide bonds. The van der Waals surface area contributed by atoms with Gasteiger partial charge in [0.15, 0.2) is 0 Å². The van der Waals surface area contributed by atoms with Crippen LogP contribution in [0.5, 0.6) is 0 Å². The monoisotopic (exact) mass is 349 g/mol. The third-order valence-corrected chi connectivity index (χ3v) is 4.58. The number of carbonyl (C=O) groups is 3. The van der Waals surface area contributed by atoms with Crippen molar-refractivity contribution in [1.82, 2.24) is 24.3 Å². The molecule has 25 heavy (non-hydrogen) atoms. The predicted molar refractivity (Wildman–Crippen MR) is 92.6 cm³/mol. The molecule has 138 valence electrons. The molecule has 2 heterocycles. The summed E-state index contributed by atoms with van der Waals surface area (Å²) in [6, 6.07) is -0.596. The van der Waals surface area contributed by atoms with Crippen LogP contribution < -0.4 is 0 Å². The average Bonchev–Trinajstić information content (AvgIpc) is 2.98. The van der Waals surface area contributed by atoms with Gasteiger partial charge >= 0.3 is 0 Å². The Morgan fingerprint density at radius 2 is 2.00 bits per heavy atom. The van der Waals surface area contributed by atoms with Gasteiger partial charge in [-0.1, -0.05) is 0 Å². The fraction of sp³-hybridized carbons (Fsp3) is 0.647. The molecule has 0 N–H and O–H groups in total. The smallest absolute Gasteiger partial charge is 0.246 e. The van der Waals surface area contributed by atoms with Gasteiger partial charge < -0.3 is 19.3 Å². The first-order chi connectivity index (χ1) is 11.8. The standard InChI is InChI=1S/C17H27N5O3/c1-13-18-7-9-20(13)8-5-6-16(24)21-10-11-22(14(2)23)15(12-21)17(25)19(3)4/h7,9,15H,5-6,8,10-12H2,1-4H3/t15-/m0/s1. The summed E-state index contributed by atoms with van der Waals surface area (Å²) in [5, 5.41) is 0. The molecule has 1 aliphatic heterocycles. The topological polar surface area (TPSA) is 78.8 Å². The first-order valence-electron chi connectivity index (χ1n) is 8.55. The third kappa shape index (κ3) is 4.58. The van der Waals surface area contributed by atoms with Gasteiger partial charge in [0.2, 0.25) is 17.7 Å². The average molecular weight is 349 g/mol. The number of likely N-dealkylation sites (N-methyl/N-ethyl adjacent to an activating group) is 1. The van der Waals surface area contributed by atoms with Crippen LogP contribution >= 0.6 is 0 Å². The van der Waals surface area contributed by atoms with E-state index >= 15 is 0 Å². The molecule has 8 heteroatoms. The first kappa shape index (κ1) is 19.0. The van der Waals surface area contributed by atoms with Crippen LogP contribution in [0.25, 0.3) is 0 Å². The molecule has 1 aliphatic rings. The van der Waals surface area contributed by atoms with Crippen molar-refractivity contribution in [3.8, 4) is 0 Å². The molecule has 1 saturated heterocycles. The molecule has 1 aromatic heterocycles. The lowest BCUT2D eigenvalue weighted by Gasteiger charge is -2.41. The van der Waals surface area contributed by atoms with E-state index in [2.05, 4.69) is 4.98 Å². The van der Waals surface area contributed by atoms with Crippen LogP contribution in [0.3, 0.4) is 0 Å². The van der Waals surface area contributed by atoms with Crippen molar-refractivity contribution in [3.05, 3.63) is 18.2 Å². The van der Waals surface area contributed by atoms with Crippen LogP contribution in [0.1, 0.15) is 25.6 Å². The van der Waals surface area contributed by atoms with Crippen LogP contribution in [-0.2, 0) is 20.9 Å². The lowest BCUT2D eigenvalue weighted by Crippen LogP contribution is -2.61. The maximum atomic E-state index is 12.5.